The summed E-state index contributed by atoms with van der Waals surface area (Å²) in [4.78, 5) is 30.9. The average molecular weight is 634 g/mol. The smallest absolute Gasteiger partial charge is 0.416 e. The SMILES string of the molecule is C[C@@H]1c2c(n(C)c(=O)n(CCOCCO)c2=O)N=C(Oc2cc(C(F)(F)F)cc(C(F)(F)F)c2)C1Cc1ccc(Cl)cc1. The van der Waals surface area contributed by atoms with E-state index in [2.05, 4.69) is 4.99 Å². The Labute approximate surface area is 245 Å². The fraction of sp³-hybridized carbons (Fsp3) is 0.393. The molecule has 1 N–H and O–H groups in total. The number of aliphatic imine (C=N–C) groups is 1. The van der Waals surface area contributed by atoms with Crippen molar-refractivity contribution in [2.45, 2.75) is 38.2 Å². The standard InChI is InChI=1S/C28H26ClF6N3O5/c1-15-21(11-16-3-5-19(29)6-4-16)24(43-20-13-17(27(30,31)32)12-18(14-20)28(33,34)35)36-23-22(15)25(40)38(26(41)37(23)2)7-9-42-10-8-39/h3-6,12-15,21,39H,7-11H2,1-2H3/t15-,21?/m0/s1. The average Bonchev–Trinajstić information content (AvgIpc) is 2.93. The summed E-state index contributed by atoms with van der Waals surface area (Å²) >= 11 is 5.99. The van der Waals surface area contributed by atoms with E-state index >= 15 is 0 Å². The minimum Gasteiger partial charge on any atom is -0.443 e. The van der Waals surface area contributed by atoms with E-state index in [4.69, 9.17) is 26.2 Å². The molecule has 0 spiro atoms. The van der Waals surface area contributed by atoms with Gasteiger partial charge in [0, 0.05) is 23.9 Å². The van der Waals surface area contributed by atoms with E-state index < -0.39 is 52.3 Å². The van der Waals surface area contributed by atoms with Crippen LogP contribution in [0, 0.1) is 5.92 Å². The summed E-state index contributed by atoms with van der Waals surface area (Å²) in [5, 5.41) is 9.34. The number of aliphatic hydroxyl groups is 1. The molecule has 2 aromatic carbocycles. The number of hydrogen-bond acceptors (Lipinski definition) is 6. The van der Waals surface area contributed by atoms with E-state index in [-0.39, 0.29) is 56.1 Å². The molecule has 4 rings (SSSR count). The summed E-state index contributed by atoms with van der Waals surface area (Å²) in [5.41, 5.74) is -3.83. The van der Waals surface area contributed by atoms with Gasteiger partial charge in [0.05, 0.1) is 43.1 Å². The van der Waals surface area contributed by atoms with Crippen molar-refractivity contribution >= 4 is 23.3 Å². The first-order valence-electron chi connectivity index (χ1n) is 12.9. The van der Waals surface area contributed by atoms with Gasteiger partial charge < -0.3 is 14.6 Å². The van der Waals surface area contributed by atoms with Crippen LogP contribution in [0.5, 0.6) is 5.75 Å². The van der Waals surface area contributed by atoms with Gasteiger partial charge in [0.2, 0.25) is 5.90 Å². The third-order valence-electron chi connectivity index (χ3n) is 6.99. The van der Waals surface area contributed by atoms with Crippen molar-refractivity contribution in [3.63, 3.8) is 0 Å². The third kappa shape index (κ3) is 7.13. The maximum Gasteiger partial charge on any atom is 0.416 e. The molecule has 1 aliphatic rings. The van der Waals surface area contributed by atoms with Gasteiger partial charge in [-0.05, 0) is 42.3 Å². The van der Waals surface area contributed by atoms with Crippen LogP contribution in [0.15, 0.2) is 57.0 Å². The van der Waals surface area contributed by atoms with Crippen LogP contribution in [-0.2, 0) is 37.1 Å². The fourth-order valence-electron chi connectivity index (χ4n) is 4.78. The predicted molar refractivity (Wildman–Crippen MR) is 145 cm³/mol. The van der Waals surface area contributed by atoms with Crippen LogP contribution in [0.1, 0.15) is 35.1 Å². The lowest BCUT2D eigenvalue weighted by atomic mass is 9.81. The van der Waals surface area contributed by atoms with E-state index in [9.17, 15) is 35.9 Å². The molecule has 43 heavy (non-hydrogen) atoms. The van der Waals surface area contributed by atoms with Crippen LogP contribution in [0.3, 0.4) is 0 Å². The molecule has 3 aromatic rings. The highest BCUT2D eigenvalue weighted by Gasteiger charge is 2.39. The van der Waals surface area contributed by atoms with E-state index in [1.165, 1.54) is 7.05 Å². The van der Waals surface area contributed by atoms with Crippen molar-refractivity contribution in [1.82, 2.24) is 9.13 Å². The molecular formula is C28H26ClF6N3O5. The summed E-state index contributed by atoms with van der Waals surface area (Å²) in [6, 6.07) is 7.39. The van der Waals surface area contributed by atoms with Crippen LogP contribution < -0.4 is 16.0 Å². The molecule has 0 saturated carbocycles. The topological polar surface area (TPSA) is 95.1 Å². The Bertz CT molecular complexity index is 1600. The van der Waals surface area contributed by atoms with Crippen molar-refractivity contribution in [3.8, 4) is 5.75 Å². The number of fused-ring (bicyclic) bond motifs is 1. The van der Waals surface area contributed by atoms with Crippen LogP contribution >= 0.6 is 11.6 Å². The second-order valence-corrected chi connectivity index (χ2v) is 10.3. The largest absolute Gasteiger partial charge is 0.443 e. The highest BCUT2D eigenvalue weighted by molar-refractivity contribution is 6.30. The van der Waals surface area contributed by atoms with Crippen LogP contribution in [-0.4, -0.2) is 40.0 Å². The molecule has 0 radical (unpaired) electrons. The number of alkyl halides is 6. The highest BCUT2D eigenvalue weighted by atomic mass is 35.5. The second-order valence-electron chi connectivity index (χ2n) is 9.89. The molecule has 1 unspecified atom stereocenters. The van der Waals surface area contributed by atoms with E-state index in [1.807, 2.05) is 0 Å². The Balaban J connectivity index is 1.86. The Hall–Kier alpha value is -3.62. The zero-order valence-corrected chi connectivity index (χ0v) is 23.6. The lowest BCUT2D eigenvalue weighted by Gasteiger charge is -2.31. The molecular weight excluding hydrogens is 608 g/mol. The monoisotopic (exact) mass is 633 g/mol. The number of hydrogen-bond donors (Lipinski definition) is 1. The van der Waals surface area contributed by atoms with Gasteiger partial charge in [-0.2, -0.15) is 31.3 Å². The summed E-state index contributed by atoms with van der Waals surface area (Å²) in [6.45, 7) is 1.18. The highest BCUT2D eigenvalue weighted by Crippen LogP contribution is 2.41. The molecule has 15 heteroatoms. The summed E-state index contributed by atoms with van der Waals surface area (Å²) < 4.78 is 94.0. The molecule has 0 fully saturated rings. The minimum atomic E-state index is -5.10. The lowest BCUT2D eigenvalue weighted by Crippen LogP contribution is -2.45. The third-order valence-corrected chi connectivity index (χ3v) is 7.24. The van der Waals surface area contributed by atoms with Crippen LogP contribution in [0.25, 0.3) is 0 Å². The van der Waals surface area contributed by atoms with Gasteiger partial charge in [-0.1, -0.05) is 30.7 Å². The molecule has 0 saturated heterocycles. The Morgan fingerprint density at radius 3 is 2.14 bits per heavy atom. The molecule has 1 aromatic heterocycles. The molecule has 2 atom stereocenters. The fourth-order valence-corrected chi connectivity index (χ4v) is 4.90. The molecule has 2 heterocycles. The van der Waals surface area contributed by atoms with E-state index in [0.717, 1.165) is 9.13 Å². The van der Waals surface area contributed by atoms with Crippen molar-refractivity contribution in [3.05, 3.63) is 90.6 Å². The summed E-state index contributed by atoms with van der Waals surface area (Å²) in [7, 11) is 1.32. The lowest BCUT2D eigenvalue weighted by molar-refractivity contribution is -0.143. The number of benzene rings is 2. The van der Waals surface area contributed by atoms with Crippen molar-refractivity contribution in [2.75, 3.05) is 19.8 Å². The second kappa shape index (κ2) is 12.5. The first-order valence-corrected chi connectivity index (χ1v) is 13.3. The minimum absolute atomic E-state index is 0.00381. The van der Waals surface area contributed by atoms with Gasteiger partial charge in [0.1, 0.15) is 11.6 Å². The Morgan fingerprint density at radius 2 is 1.58 bits per heavy atom. The first-order chi connectivity index (χ1) is 20.1. The molecule has 0 aliphatic carbocycles. The Kier molecular flexibility index (Phi) is 9.42. The Morgan fingerprint density at radius 1 is 0.977 bits per heavy atom. The maximum atomic E-state index is 13.5. The van der Waals surface area contributed by atoms with Gasteiger partial charge in [0.15, 0.2) is 0 Å². The quantitative estimate of drug-likeness (QED) is 0.267. The summed E-state index contributed by atoms with van der Waals surface area (Å²) in [6.07, 6.45) is -10.1. The molecule has 0 bridgehead atoms. The van der Waals surface area contributed by atoms with E-state index in [1.54, 1.807) is 31.2 Å². The zero-order valence-electron chi connectivity index (χ0n) is 22.8. The molecule has 1 aliphatic heterocycles. The number of aliphatic hydroxyl groups excluding tert-OH is 1. The predicted octanol–water partition coefficient (Wildman–Crippen LogP) is 5.33. The number of ether oxygens (including phenoxy) is 2. The number of nitrogens with zero attached hydrogens (tertiary/aromatic N) is 3. The van der Waals surface area contributed by atoms with E-state index in [0.29, 0.717) is 22.7 Å². The van der Waals surface area contributed by atoms with Gasteiger partial charge in [0.25, 0.3) is 5.56 Å². The first kappa shape index (κ1) is 32.3. The molecule has 8 nitrogen and oxygen atoms in total. The number of halogens is 7. The number of aromatic nitrogens is 2. The molecule has 232 valence electrons. The molecule has 0 amide bonds. The normalized spacial score (nSPS) is 17.0. The van der Waals surface area contributed by atoms with Gasteiger partial charge in [-0.15, -0.1) is 0 Å². The maximum absolute atomic E-state index is 13.5. The van der Waals surface area contributed by atoms with Crippen molar-refractivity contribution < 1.29 is 40.9 Å². The number of rotatable bonds is 8. The van der Waals surface area contributed by atoms with Crippen molar-refractivity contribution in [1.29, 1.82) is 0 Å². The van der Waals surface area contributed by atoms with Gasteiger partial charge >= 0.3 is 18.0 Å². The van der Waals surface area contributed by atoms with Gasteiger partial charge in [-0.3, -0.25) is 13.9 Å². The van der Waals surface area contributed by atoms with Crippen LogP contribution in [0.4, 0.5) is 32.2 Å². The zero-order chi connectivity index (χ0) is 31.7. The van der Waals surface area contributed by atoms with Crippen molar-refractivity contribution in [2.24, 2.45) is 18.0 Å². The van der Waals surface area contributed by atoms with Gasteiger partial charge in [-0.25, -0.2) is 4.79 Å². The summed E-state index contributed by atoms with van der Waals surface area (Å²) in [5.74, 6) is -2.78. The van der Waals surface area contributed by atoms with Crippen LogP contribution in [0.2, 0.25) is 5.02 Å².